The van der Waals surface area contributed by atoms with Gasteiger partial charge in [0.25, 0.3) is 5.69 Å². The molecule has 0 fully saturated rings. The maximum absolute atomic E-state index is 13.3. The van der Waals surface area contributed by atoms with Gasteiger partial charge in [-0.05, 0) is 13.8 Å². The Morgan fingerprint density at radius 1 is 1.14 bits per heavy atom. The Morgan fingerprint density at radius 3 is 2.48 bits per heavy atom. The van der Waals surface area contributed by atoms with E-state index in [4.69, 9.17) is 4.74 Å². The normalized spacial score (nSPS) is 17.6. The summed E-state index contributed by atoms with van der Waals surface area (Å²) in [5.41, 5.74) is 2.99. The molecule has 0 amide bonds. The van der Waals surface area contributed by atoms with E-state index in [1.54, 1.807) is 44.2 Å². The predicted molar refractivity (Wildman–Crippen MR) is 106 cm³/mol. The monoisotopic (exact) mass is 390 g/mol. The van der Waals surface area contributed by atoms with Crippen LogP contribution in [0.15, 0.2) is 65.4 Å². The summed E-state index contributed by atoms with van der Waals surface area (Å²) in [4.78, 5) is 37.3. The summed E-state index contributed by atoms with van der Waals surface area (Å²) < 4.78 is 5.22. The van der Waals surface area contributed by atoms with E-state index in [9.17, 15) is 19.7 Å². The fraction of sp³-hybridized carbons (Fsp3) is 0.182. The second-order valence-corrected chi connectivity index (χ2v) is 6.80. The molecule has 4 rings (SSSR count). The average Bonchev–Trinajstić information content (AvgIpc) is 2.99. The zero-order valence-corrected chi connectivity index (χ0v) is 15.9. The molecule has 146 valence electrons. The number of Topliss-reactive ketones (excluding diaryl/α,β-unsaturated/α-hetero) is 1. The van der Waals surface area contributed by atoms with Gasteiger partial charge in [0.05, 0.1) is 28.7 Å². The van der Waals surface area contributed by atoms with E-state index in [0.717, 1.165) is 5.56 Å². The second kappa shape index (κ2) is 7.01. The summed E-state index contributed by atoms with van der Waals surface area (Å²) >= 11 is 0. The molecule has 0 saturated heterocycles. The van der Waals surface area contributed by atoms with E-state index in [0.29, 0.717) is 22.5 Å². The number of nitrogens with zero attached hydrogens (tertiary/aromatic N) is 1. The molecule has 29 heavy (non-hydrogen) atoms. The Balaban J connectivity index is 1.99. The van der Waals surface area contributed by atoms with E-state index in [-0.39, 0.29) is 29.2 Å². The fourth-order valence-corrected chi connectivity index (χ4v) is 4.02. The first-order chi connectivity index (χ1) is 14.0. The number of benzene rings is 2. The first-order valence-electron chi connectivity index (χ1n) is 9.22. The number of esters is 1. The van der Waals surface area contributed by atoms with Crippen molar-refractivity contribution in [3.8, 4) is 0 Å². The van der Waals surface area contributed by atoms with Gasteiger partial charge in [-0.1, -0.05) is 42.5 Å². The summed E-state index contributed by atoms with van der Waals surface area (Å²) in [5.74, 6) is -1.75. The van der Waals surface area contributed by atoms with Crippen LogP contribution >= 0.6 is 0 Å². The van der Waals surface area contributed by atoms with Crippen molar-refractivity contribution in [2.24, 2.45) is 0 Å². The molecule has 0 unspecified atom stereocenters. The van der Waals surface area contributed by atoms with Crippen molar-refractivity contribution in [2.75, 3.05) is 6.61 Å². The summed E-state index contributed by atoms with van der Waals surface area (Å²) in [6.07, 6.45) is 0. The van der Waals surface area contributed by atoms with Crippen LogP contribution in [0.1, 0.15) is 41.3 Å². The lowest BCUT2D eigenvalue weighted by atomic mass is 9.79. The van der Waals surface area contributed by atoms with Crippen LogP contribution in [-0.4, -0.2) is 23.3 Å². The molecule has 7 nitrogen and oxygen atoms in total. The molecule has 0 aromatic heterocycles. The Labute approximate surface area is 166 Å². The van der Waals surface area contributed by atoms with Gasteiger partial charge in [-0.3, -0.25) is 14.9 Å². The van der Waals surface area contributed by atoms with Crippen LogP contribution in [0.4, 0.5) is 5.69 Å². The van der Waals surface area contributed by atoms with Gasteiger partial charge in [0.2, 0.25) is 0 Å². The molecule has 1 heterocycles. The van der Waals surface area contributed by atoms with Gasteiger partial charge in [-0.2, -0.15) is 0 Å². The highest BCUT2D eigenvalue weighted by Crippen LogP contribution is 2.48. The average molecular weight is 390 g/mol. The lowest BCUT2D eigenvalue weighted by Crippen LogP contribution is -2.29. The third-order valence-electron chi connectivity index (χ3n) is 5.19. The summed E-state index contributed by atoms with van der Waals surface area (Å²) in [5, 5.41) is 14.9. The third-order valence-corrected chi connectivity index (χ3v) is 5.19. The minimum Gasteiger partial charge on any atom is -0.463 e. The maximum atomic E-state index is 13.3. The van der Waals surface area contributed by atoms with E-state index in [1.165, 1.54) is 6.07 Å². The quantitative estimate of drug-likeness (QED) is 0.485. The number of nitro benzene ring substituents is 1. The predicted octanol–water partition coefficient (Wildman–Crippen LogP) is 3.73. The third kappa shape index (κ3) is 2.82. The lowest BCUT2D eigenvalue weighted by molar-refractivity contribution is -0.385. The molecular weight excluding hydrogens is 372 g/mol. The molecule has 0 spiro atoms. The summed E-state index contributed by atoms with van der Waals surface area (Å²) in [6.45, 7) is 3.55. The van der Waals surface area contributed by atoms with Gasteiger partial charge in [0.15, 0.2) is 5.78 Å². The standard InChI is InChI=1S/C22H18N2O5/c1-3-29-22(26)17-12(2)23-20-13-8-4-5-9-14(13)21(25)19(20)18(17)15-10-6-7-11-16(15)24(27)28/h4-11,18,23H,3H2,1-2H3/t18-/m0/s1. The molecule has 1 aliphatic heterocycles. The number of carbonyl (C=O) groups is 2. The van der Waals surface area contributed by atoms with E-state index >= 15 is 0 Å². The number of ketones is 1. The second-order valence-electron chi connectivity index (χ2n) is 6.80. The van der Waals surface area contributed by atoms with Gasteiger partial charge < -0.3 is 10.1 Å². The minimum atomic E-state index is -0.896. The number of dihydropyridines is 1. The molecule has 0 radical (unpaired) electrons. The van der Waals surface area contributed by atoms with Crippen LogP contribution in [0.3, 0.4) is 0 Å². The van der Waals surface area contributed by atoms with Crippen molar-refractivity contribution in [3.63, 3.8) is 0 Å². The fourth-order valence-electron chi connectivity index (χ4n) is 4.02. The molecule has 2 aromatic rings. The topological polar surface area (TPSA) is 98.5 Å². The number of fused-ring (bicyclic) bond motifs is 2. The maximum Gasteiger partial charge on any atom is 0.336 e. The van der Waals surface area contributed by atoms with Crippen LogP contribution in [0, 0.1) is 10.1 Å². The van der Waals surface area contributed by atoms with Crippen molar-refractivity contribution in [1.29, 1.82) is 0 Å². The van der Waals surface area contributed by atoms with Crippen molar-refractivity contribution < 1.29 is 19.2 Å². The number of para-hydroxylation sites is 1. The number of carbonyl (C=O) groups excluding carboxylic acids is 2. The van der Waals surface area contributed by atoms with E-state index in [2.05, 4.69) is 5.32 Å². The van der Waals surface area contributed by atoms with E-state index < -0.39 is 16.8 Å². The van der Waals surface area contributed by atoms with Crippen molar-refractivity contribution in [3.05, 3.63) is 92.2 Å². The van der Waals surface area contributed by atoms with Gasteiger partial charge >= 0.3 is 5.97 Å². The van der Waals surface area contributed by atoms with Gasteiger partial charge in [0.1, 0.15) is 0 Å². The summed E-state index contributed by atoms with van der Waals surface area (Å²) in [7, 11) is 0. The number of hydrogen-bond donors (Lipinski definition) is 1. The molecule has 0 saturated carbocycles. The van der Waals surface area contributed by atoms with Crippen LogP contribution < -0.4 is 5.32 Å². The smallest absolute Gasteiger partial charge is 0.336 e. The van der Waals surface area contributed by atoms with Crippen LogP contribution in [-0.2, 0) is 9.53 Å². The molecule has 0 bridgehead atoms. The zero-order chi connectivity index (χ0) is 20.7. The molecular formula is C22H18N2O5. The van der Waals surface area contributed by atoms with Crippen LogP contribution in [0.25, 0.3) is 5.70 Å². The van der Waals surface area contributed by atoms with Gasteiger partial charge in [0, 0.05) is 34.0 Å². The highest BCUT2D eigenvalue weighted by Gasteiger charge is 2.44. The molecule has 7 heteroatoms. The Hall–Kier alpha value is -3.74. The Bertz CT molecular complexity index is 1130. The van der Waals surface area contributed by atoms with E-state index in [1.807, 2.05) is 12.1 Å². The highest BCUT2D eigenvalue weighted by atomic mass is 16.6. The number of nitrogens with one attached hydrogen (secondary N) is 1. The van der Waals surface area contributed by atoms with Crippen molar-refractivity contribution in [2.45, 2.75) is 19.8 Å². The largest absolute Gasteiger partial charge is 0.463 e. The molecule has 2 aromatic carbocycles. The molecule has 1 aliphatic carbocycles. The number of hydrogen-bond acceptors (Lipinski definition) is 6. The van der Waals surface area contributed by atoms with Crippen LogP contribution in [0.5, 0.6) is 0 Å². The molecule has 1 N–H and O–H groups in total. The molecule has 2 aliphatic rings. The number of nitro groups is 1. The number of allylic oxidation sites excluding steroid dienone is 2. The Morgan fingerprint density at radius 2 is 1.79 bits per heavy atom. The van der Waals surface area contributed by atoms with Crippen molar-refractivity contribution >= 4 is 23.1 Å². The SMILES string of the molecule is CCOC(=O)C1=C(C)NC2=C(C(=O)c3ccccc32)[C@H]1c1ccccc1[N+](=O)[O-]. The highest BCUT2D eigenvalue weighted by molar-refractivity contribution is 6.23. The minimum absolute atomic E-state index is 0.149. The van der Waals surface area contributed by atoms with Crippen LogP contribution in [0.2, 0.25) is 0 Å². The first kappa shape index (κ1) is 18.6. The first-order valence-corrected chi connectivity index (χ1v) is 9.22. The molecule has 1 atom stereocenters. The Kier molecular flexibility index (Phi) is 4.50. The van der Waals surface area contributed by atoms with Gasteiger partial charge in [-0.15, -0.1) is 0 Å². The number of rotatable bonds is 4. The zero-order valence-electron chi connectivity index (χ0n) is 15.9. The summed E-state index contributed by atoms with van der Waals surface area (Å²) in [6, 6.07) is 13.3. The lowest BCUT2D eigenvalue weighted by Gasteiger charge is -2.29. The van der Waals surface area contributed by atoms with Gasteiger partial charge in [-0.25, -0.2) is 4.79 Å². The number of ether oxygens (including phenoxy) is 1. The van der Waals surface area contributed by atoms with Crippen molar-refractivity contribution in [1.82, 2.24) is 5.32 Å².